The molecule has 134 valence electrons. The number of hydrogen-bond donors (Lipinski definition) is 1. The van der Waals surface area contributed by atoms with Gasteiger partial charge in [0.1, 0.15) is 6.54 Å². The molecule has 1 aliphatic rings. The molecule has 1 saturated heterocycles. The van der Waals surface area contributed by atoms with Crippen molar-refractivity contribution in [2.24, 2.45) is 0 Å². The highest BCUT2D eigenvalue weighted by atomic mass is 16.5. The van der Waals surface area contributed by atoms with Gasteiger partial charge in [-0.1, -0.05) is 18.2 Å². The smallest absolute Gasteiger partial charge is 0.388 e. The molecular formula is C17H22N4O4. The molecule has 8 heteroatoms. The Morgan fingerprint density at radius 2 is 2.00 bits per heavy atom. The maximum absolute atomic E-state index is 12.2. The third kappa shape index (κ3) is 4.77. The van der Waals surface area contributed by atoms with Crippen molar-refractivity contribution in [3.8, 4) is 11.5 Å². The Morgan fingerprint density at radius 3 is 2.72 bits per heavy atom. The van der Waals surface area contributed by atoms with Crippen molar-refractivity contribution in [2.45, 2.75) is 19.5 Å². The highest BCUT2D eigenvalue weighted by molar-refractivity contribution is 5.75. The highest BCUT2D eigenvalue weighted by Crippen LogP contribution is 2.13. The van der Waals surface area contributed by atoms with Gasteiger partial charge >= 0.3 is 5.76 Å². The fraction of sp³-hybridized carbons (Fsp3) is 0.471. The van der Waals surface area contributed by atoms with E-state index in [-0.39, 0.29) is 24.4 Å². The standard InChI is InChI=1S/C17H22N4O4/c1-13(11-20-7-9-24-10-8-20)18-15(22)12-21-17(23)25-16(19-21)14-5-3-2-4-6-14/h2-6,13H,7-12H2,1H3,(H,18,22)/t13-/m1/s1. The summed E-state index contributed by atoms with van der Waals surface area (Å²) in [5, 5.41) is 6.98. The topological polar surface area (TPSA) is 89.6 Å². The number of hydrogen-bond acceptors (Lipinski definition) is 6. The second kappa shape index (κ2) is 8.09. The molecule has 1 N–H and O–H groups in total. The first kappa shape index (κ1) is 17.4. The summed E-state index contributed by atoms with van der Waals surface area (Å²) in [7, 11) is 0. The molecule has 1 fully saturated rings. The van der Waals surface area contributed by atoms with E-state index in [0.29, 0.717) is 5.56 Å². The lowest BCUT2D eigenvalue weighted by atomic mass is 10.2. The zero-order chi connectivity index (χ0) is 17.6. The van der Waals surface area contributed by atoms with E-state index in [1.807, 2.05) is 25.1 Å². The van der Waals surface area contributed by atoms with Crippen LogP contribution in [-0.4, -0.2) is 59.5 Å². The molecule has 2 aromatic rings. The lowest BCUT2D eigenvalue weighted by Crippen LogP contribution is -2.47. The summed E-state index contributed by atoms with van der Waals surface area (Å²) in [5.41, 5.74) is 0.694. The molecule has 0 spiro atoms. The van der Waals surface area contributed by atoms with Crippen LogP contribution in [0.4, 0.5) is 0 Å². The second-order valence-corrected chi connectivity index (χ2v) is 6.08. The van der Waals surface area contributed by atoms with Crippen LogP contribution in [0, 0.1) is 0 Å². The molecule has 3 rings (SSSR count). The largest absolute Gasteiger partial charge is 0.437 e. The van der Waals surface area contributed by atoms with E-state index in [4.69, 9.17) is 9.15 Å². The predicted molar refractivity (Wildman–Crippen MR) is 91.1 cm³/mol. The molecule has 8 nitrogen and oxygen atoms in total. The lowest BCUT2D eigenvalue weighted by Gasteiger charge is -2.29. The minimum atomic E-state index is -0.644. The zero-order valence-electron chi connectivity index (χ0n) is 14.2. The van der Waals surface area contributed by atoms with E-state index in [1.165, 1.54) is 0 Å². The minimum Gasteiger partial charge on any atom is -0.388 e. The Morgan fingerprint density at radius 1 is 1.28 bits per heavy atom. The maximum Gasteiger partial charge on any atom is 0.437 e. The van der Waals surface area contributed by atoms with E-state index >= 15 is 0 Å². The SMILES string of the molecule is C[C@H](CN1CCOCC1)NC(=O)Cn1nc(-c2ccccc2)oc1=O. The van der Waals surface area contributed by atoms with Crippen LogP contribution < -0.4 is 11.1 Å². The van der Waals surface area contributed by atoms with Gasteiger partial charge in [-0.2, -0.15) is 4.68 Å². The van der Waals surface area contributed by atoms with Crippen molar-refractivity contribution in [2.75, 3.05) is 32.8 Å². The van der Waals surface area contributed by atoms with E-state index in [2.05, 4.69) is 15.3 Å². The summed E-state index contributed by atoms with van der Waals surface area (Å²) >= 11 is 0. The fourth-order valence-corrected chi connectivity index (χ4v) is 2.78. The normalized spacial score (nSPS) is 16.5. The van der Waals surface area contributed by atoms with Gasteiger partial charge in [0.15, 0.2) is 0 Å². The van der Waals surface area contributed by atoms with Crippen molar-refractivity contribution in [3.05, 3.63) is 40.9 Å². The van der Waals surface area contributed by atoms with Crippen LogP contribution in [0.1, 0.15) is 6.92 Å². The maximum atomic E-state index is 12.2. The quantitative estimate of drug-likeness (QED) is 0.811. The fourth-order valence-electron chi connectivity index (χ4n) is 2.78. The van der Waals surface area contributed by atoms with Gasteiger partial charge in [-0.3, -0.25) is 9.69 Å². The summed E-state index contributed by atoms with van der Waals surface area (Å²) in [6.07, 6.45) is 0. The Hall–Kier alpha value is -2.45. The van der Waals surface area contributed by atoms with Crippen LogP contribution in [0.25, 0.3) is 11.5 Å². The molecule has 1 aliphatic heterocycles. The number of ether oxygens (including phenoxy) is 1. The first-order valence-corrected chi connectivity index (χ1v) is 8.34. The van der Waals surface area contributed by atoms with Gasteiger partial charge in [0.25, 0.3) is 0 Å². The number of nitrogens with one attached hydrogen (secondary N) is 1. The first-order chi connectivity index (χ1) is 12.1. The van der Waals surface area contributed by atoms with E-state index in [9.17, 15) is 9.59 Å². The molecule has 0 radical (unpaired) electrons. The van der Waals surface area contributed by atoms with Gasteiger partial charge < -0.3 is 14.5 Å². The summed E-state index contributed by atoms with van der Waals surface area (Å²) in [6, 6.07) is 9.08. The second-order valence-electron chi connectivity index (χ2n) is 6.08. The molecule has 0 bridgehead atoms. The van der Waals surface area contributed by atoms with E-state index < -0.39 is 5.76 Å². The van der Waals surface area contributed by atoms with Crippen LogP contribution in [0.3, 0.4) is 0 Å². The van der Waals surface area contributed by atoms with Crippen LogP contribution in [0.5, 0.6) is 0 Å². The number of aromatic nitrogens is 2. The predicted octanol–water partition coefficient (Wildman–Crippen LogP) is 0.340. The molecule has 1 aromatic heterocycles. The Kier molecular flexibility index (Phi) is 5.62. The number of benzene rings is 1. The number of amides is 1. The van der Waals surface area contributed by atoms with Crippen LogP contribution in [-0.2, 0) is 16.1 Å². The molecule has 1 amide bonds. The van der Waals surface area contributed by atoms with E-state index in [1.54, 1.807) is 12.1 Å². The van der Waals surface area contributed by atoms with Gasteiger partial charge in [0.2, 0.25) is 11.8 Å². The van der Waals surface area contributed by atoms with Gasteiger partial charge in [0, 0.05) is 31.2 Å². The van der Waals surface area contributed by atoms with Gasteiger partial charge in [-0.15, -0.1) is 5.10 Å². The van der Waals surface area contributed by atoms with Crippen molar-refractivity contribution in [3.63, 3.8) is 0 Å². The van der Waals surface area contributed by atoms with Gasteiger partial charge in [0.05, 0.1) is 13.2 Å². The van der Waals surface area contributed by atoms with Crippen LogP contribution in [0.2, 0.25) is 0 Å². The monoisotopic (exact) mass is 346 g/mol. The van der Waals surface area contributed by atoms with Gasteiger partial charge in [-0.25, -0.2) is 4.79 Å². The number of nitrogens with zero attached hydrogens (tertiary/aromatic N) is 3. The van der Waals surface area contributed by atoms with Crippen LogP contribution >= 0.6 is 0 Å². The Labute approximate surface area is 145 Å². The number of rotatable bonds is 6. The van der Waals surface area contributed by atoms with Crippen LogP contribution in [0.15, 0.2) is 39.5 Å². The molecule has 1 aromatic carbocycles. The zero-order valence-corrected chi connectivity index (χ0v) is 14.2. The highest BCUT2D eigenvalue weighted by Gasteiger charge is 2.17. The summed E-state index contributed by atoms with van der Waals surface area (Å²) < 4.78 is 11.5. The summed E-state index contributed by atoms with van der Waals surface area (Å²) in [6.45, 7) is 5.69. The number of morpholine rings is 1. The van der Waals surface area contributed by atoms with Gasteiger partial charge in [-0.05, 0) is 19.1 Å². The Bertz CT molecular complexity index is 750. The molecule has 25 heavy (non-hydrogen) atoms. The molecule has 2 heterocycles. The van der Waals surface area contributed by atoms with Crippen molar-refractivity contribution >= 4 is 5.91 Å². The summed E-state index contributed by atoms with van der Waals surface area (Å²) in [5.74, 6) is -0.703. The first-order valence-electron chi connectivity index (χ1n) is 8.34. The Balaban J connectivity index is 1.56. The molecular weight excluding hydrogens is 324 g/mol. The number of carbonyl (C=O) groups excluding carboxylic acids is 1. The molecule has 1 atom stereocenters. The third-order valence-corrected chi connectivity index (χ3v) is 3.96. The molecule has 0 unspecified atom stereocenters. The average Bonchev–Trinajstić information content (AvgIpc) is 2.97. The third-order valence-electron chi connectivity index (χ3n) is 3.96. The lowest BCUT2D eigenvalue weighted by molar-refractivity contribution is -0.122. The van der Waals surface area contributed by atoms with E-state index in [0.717, 1.165) is 37.5 Å². The minimum absolute atomic E-state index is 0.0261. The average molecular weight is 346 g/mol. The number of carbonyl (C=O) groups is 1. The van der Waals surface area contributed by atoms with Crippen molar-refractivity contribution < 1.29 is 13.9 Å². The summed E-state index contributed by atoms with van der Waals surface area (Å²) in [4.78, 5) is 26.3. The molecule has 0 aliphatic carbocycles. The van der Waals surface area contributed by atoms with Crippen molar-refractivity contribution in [1.29, 1.82) is 0 Å². The van der Waals surface area contributed by atoms with Crippen molar-refractivity contribution in [1.82, 2.24) is 20.0 Å². The molecule has 0 saturated carbocycles.